The van der Waals surface area contributed by atoms with Gasteiger partial charge in [-0.15, -0.1) is 0 Å². The third kappa shape index (κ3) is 3.71. The van der Waals surface area contributed by atoms with Crippen LogP contribution in [0.4, 0.5) is 5.82 Å². The number of pyridine rings is 1. The Balaban J connectivity index is 2.13. The van der Waals surface area contributed by atoms with Crippen LogP contribution in [0.25, 0.3) is 0 Å². The Labute approximate surface area is 118 Å². The molecule has 1 heterocycles. The Kier molecular flexibility index (Phi) is 4.57. The van der Waals surface area contributed by atoms with Crippen LogP contribution in [0.5, 0.6) is 5.75 Å². The van der Waals surface area contributed by atoms with Crippen LogP contribution in [0.1, 0.15) is 13.3 Å². The Morgan fingerprint density at radius 3 is 2.50 bits per heavy atom. The van der Waals surface area contributed by atoms with Gasteiger partial charge in [0.1, 0.15) is 11.6 Å². The number of ether oxygens (including phenoxy) is 1. The summed E-state index contributed by atoms with van der Waals surface area (Å²) >= 11 is 0. The lowest BCUT2D eigenvalue weighted by Gasteiger charge is -2.08. The zero-order valence-electron chi connectivity index (χ0n) is 11.1. The van der Waals surface area contributed by atoms with Crippen LogP contribution in [0, 0.1) is 0 Å². The van der Waals surface area contributed by atoms with Crippen LogP contribution in [0.15, 0.2) is 53.6 Å². The molecule has 0 bridgehead atoms. The van der Waals surface area contributed by atoms with E-state index in [0.717, 1.165) is 6.42 Å². The van der Waals surface area contributed by atoms with E-state index >= 15 is 0 Å². The average Bonchev–Trinajstić information content (AvgIpc) is 2.46. The minimum Gasteiger partial charge on any atom is -0.494 e. The van der Waals surface area contributed by atoms with Crippen LogP contribution in [0.3, 0.4) is 0 Å². The van der Waals surface area contributed by atoms with Crippen molar-refractivity contribution in [2.24, 2.45) is 0 Å². The average molecular weight is 292 g/mol. The van der Waals surface area contributed by atoms with Crippen molar-refractivity contribution in [2.45, 2.75) is 18.2 Å². The van der Waals surface area contributed by atoms with Crippen molar-refractivity contribution in [1.82, 2.24) is 4.98 Å². The number of aromatic nitrogens is 1. The number of hydrogen-bond donors (Lipinski definition) is 1. The van der Waals surface area contributed by atoms with Crippen molar-refractivity contribution < 1.29 is 13.2 Å². The monoisotopic (exact) mass is 292 g/mol. The molecule has 1 N–H and O–H groups in total. The first-order valence-electron chi connectivity index (χ1n) is 6.28. The summed E-state index contributed by atoms with van der Waals surface area (Å²) in [7, 11) is -3.62. The van der Waals surface area contributed by atoms with E-state index in [1.165, 1.54) is 18.3 Å². The molecule has 0 aliphatic heterocycles. The van der Waals surface area contributed by atoms with Crippen molar-refractivity contribution in [2.75, 3.05) is 11.3 Å². The van der Waals surface area contributed by atoms with E-state index in [0.29, 0.717) is 18.2 Å². The molecule has 0 fully saturated rings. The second kappa shape index (κ2) is 6.38. The van der Waals surface area contributed by atoms with Crippen LogP contribution < -0.4 is 9.46 Å². The van der Waals surface area contributed by atoms with E-state index in [-0.39, 0.29) is 4.90 Å². The maximum Gasteiger partial charge on any atom is 0.263 e. The molecule has 0 aliphatic carbocycles. The van der Waals surface area contributed by atoms with Gasteiger partial charge in [0.2, 0.25) is 0 Å². The number of rotatable bonds is 6. The number of nitrogens with zero attached hydrogens (tertiary/aromatic N) is 1. The standard InChI is InChI=1S/C14H16N2O3S/c1-2-11-19-12-6-8-13(9-7-12)20(17,18)16-14-5-3-4-10-15-14/h3-10H,2,11H2,1H3,(H,15,16). The van der Waals surface area contributed by atoms with Crippen LogP contribution in [-0.4, -0.2) is 20.0 Å². The van der Waals surface area contributed by atoms with Crippen molar-refractivity contribution in [3.05, 3.63) is 48.7 Å². The molecular weight excluding hydrogens is 276 g/mol. The summed E-state index contributed by atoms with van der Waals surface area (Å²) < 4.78 is 32.1. The molecule has 2 rings (SSSR count). The lowest BCUT2D eigenvalue weighted by Crippen LogP contribution is -2.13. The normalized spacial score (nSPS) is 11.1. The molecule has 5 nitrogen and oxygen atoms in total. The molecule has 0 amide bonds. The lowest BCUT2D eigenvalue weighted by molar-refractivity contribution is 0.317. The van der Waals surface area contributed by atoms with E-state index in [2.05, 4.69) is 9.71 Å². The molecule has 0 spiro atoms. The van der Waals surface area contributed by atoms with Gasteiger partial charge < -0.3 is 4.74 Å². The quantitative estimate of drug-likeness (QED) is 0.888. The number of benzene rings is 1. The van der Waals surface area contributed by atoms with E-state index in [1.807, 2.05) is 6.92 Å². The van der Waals surface area contributed by atoms with Gasteiger partial charge in [-0.25, -0.2) is 13.4 Å². The van der Waals surface area contributed by atoms with Crippen LogP contribution in [0.2, 0.25) is 0 Å². The second-order valence-corrected chi connectivity index (χ2v) is 5.82. The summed E-state index contributed by atoms with van der Waals surface area (Å²) in [5.41, 5.74) is 0. The highest BCUT2D eigenvalue weighted by Gasteiger charge is 2.14. The molecule has 1 aromatic carbocycles. The van der Waals surface area contributed by atoms with Gasteiger partial charge in [0.15, 0.2) is 0 Å². The molecular formula is C14H16N2O3S. The maximum atomic E-state index is 12.1. The topological polar surface area (TPSA) is 68.3 Å². The molecule has 2 aromatic rings. The van der Waals surface area contributed by atoms with Crippen molar-refractivity contribution in [3.8, 4) is 5.75 Å². The first-order chi connectivity index (χ1) is 9.62. The summed E-state index contributed by atoms with van der Waals surface area (Å²) in [5.74, 6) is 0.947. The van der Waals surface area contributed by atoms with Crippen molar-refractivity contribution >= 4 is 15.8 Å². The number of hydrogen-bond acceptors (Lipinski definition) is 4. The Morgan fingerprint density at radius 1 is 1.15 bits per heavy atom. The van der Waals surface area contributed by atoms with Gasteiger partial charge in [-0.1, -0.05) is 13.0 Å². The molecule has 0 unspecified atom stereocenters. The number of nitrogens with one attached hydrogen (secondary N) is 1. The molecule has 0 saturated carbocycles. The van der Waals surface area contributed by atoms with Gasteiger partial charge in [-0.05, 0) is 42.8 Å². The third-order valence-corrected chi connectivity index (χ3v) is 3.88. The summed E-state index contributed by atoms with van der Waals surface area (Å²) in [6.07, 6.45) is 2.43. The fourth-order valence-corrected chi connectivity index (χ4v) is 2.56. The highest BCUT2D eigenvalue weighted by atomic mass is 32.2. The van der Waals surface area contributed by atoms with Crippen molar-refractivity contribution in [3.63, 3.8) is 0 Å². The summed E-state index contributed by atoms with van der Waals surface area (Å²) in [6.45, 7) is 2.62. The lowest BCUT2D eigenvalue weighted by atomic mass is 10.3. The van der Waals surface area contributed by atoms with Crippen LogP contribution >= 0.6 is 0 Å². The SMILES string of the molecule is CCCOc1ccc(S(=O)(=O)Nc2ccccn2)cc1. The van der Waals surface area contributed by atoms with Gasteiger partial charge >= 0.3 is 0 Å². The molecule has 20 heavy (non-hydrogen) atoms. The van der Waals surface area contributed by atoms with E-state index in [1.54, 1.807) is 30.3 Å². The highest BCUT2D eigenvalue weighted by molar-refractivity contribution is 7.92. The van der Waals surface area contributed by atoms with Gasteiger partial charge in [-0.2, -0.15) is 0 Å². The molecule has 0 radical (unpaired) electrons. The van der Waals surface area contributed by atoms with Crippen molar-refractivity contribution in [1.29, 1.82) is 0 Å². The fraction of sp³-hybridized carbons (Fsp3) is 0.214. The molecule has 0 aliphatic rings. The second-order valence-electron chi connectivity index (χ2n) is 4.14. The first-order valence-corrected chi connectivity index (χ1v) is 7.77. The molecule has 1 aromatic heterocycles. The van der Waals surface area contributed by atoms with Gasteiger partial charge in [0, 0.05) is 6.20 Å². The van der Waals surface area contributed by atoms with E-state index in [9.17, 15) is 8.42 Å². The van der Waals surface area contributed by atoms with Gasteiger partial charge in [0.25, 0.3) is 10.0 Å². The first kappa shape index (κ1) is 14.3. The largest absolute Gasteiger partial charge is 0.494 e. The minimum atomic E-state index is -3.62. The molecule has 0 atom stereocenters. The summed E-state index contributed by atoms with van der Waals surface area (Å²) in [6, 6.07) is 11.3. The van der Waals surface area contributed by atoms with Gasteiger partial charge in [0.05, 0.1) is 11.5 Å². The van der Waals surface area contributed by atoms with Crippen LogP contribution in [-0.2, 0) is 10.0 Å². The summed E-state index contributed by atoms with van der Waals surface area (Å²) in [4.78, 5) is 4.11. The zero-order valence-corrected chi connectivity index (χ0v) is 11.9. The molecule has 106 valence electrons. The Hall–Kier alpha value is -2.08. The number of sulfonamides is 1. The Bertz CT molecular complexity index is 640. The zero-order chi connectivity index (χ0) is 14.4. The Morgan fingerprint density at radius 2 is 1.90 bits per heavy atom. The summed E-state index contributed by atoms with van der Waals surface area (Å²) in [5, 5.41) is 0. The fourth-order valence-electron chi connectivity index (χ4n) is 1.55. The maximum absolute atomic E-state index is 12.1. The predicted octanol–water partition coefficient (Wildman–Crippen LogP) is 2.67. The smallest absolute Gasteiger partial charge is 0.263 e. The molecule has 6 heteroatoms. The predicted molar refractivity (Wildman–Crippen MR) is 77.3 cm³/mol. The van der Waals surface area contributed by atoms with E-state index < -0.39 is 10.0 Å². The van der Waals surface area contributed by atoms with E-state index in [4.69, 9.17) is 4.74 Å². The number of anilines is 1. The molecule has 0 saturated heterocycles. The third-order valence-electron chi connectivity index (χ3n) is 2.51. The van der Waals surface area contributed by atoms with Gasteiger partial charge in [-0.3, -0.25) is 4.72 Å². The minimum absolute atomic E-state index is 0.173. The highest BCUT2D eigenvalue weighted by Crippen LogP contribution is 2.18.